The fourth-order valence-electron chi connectivity index (χ4n) is 2.95. The van der Waals surface area contributed by atoms with Crippen LogP contribution in [0.5, 0.6) is 0 Å². The van der Waals surface area contributed by atoms with E-state index < -0.39 is 0 Å². The zero-order valence-corrected chi connectivity index (χ0v) is 15.7. The fourth-order valence-corrected chi connectivity index (χ4v) is 4.21. The first kappa shape index (κ1) is 16.3. The van der Waals surface area contributed by atoms with Crippen LogP contribution in [0.4, 0.5) is 5.69 Å². The van der Waals surface area contributed by atoms with Crippen LogP contribution >= 0.6 is 34.7 Å². The number of hydrogen-bond donors (Lipinski definition) is 0. The van der Waals surface area contributed by atoms with Crippen LogP contribution in [-0.2, 0) is 0 Å². The molecule has 25 heavy (non-hydrogen) atoms. The summed E-state index contributed by atoms with van der Waals surface area (Å²) >= 11 is 13.5. The lowest BCUT2D eigenvalue weighted by atomic mass is 10.2. The van der Waals surface area contributed by atoms with E-state index in [9.17, 15) is 4.79 Å². The van der Waals surface area contributed by atoms with Gasteiger partial charge in [0.2, 0.25) is 0 Å². The number of anilines is 1. The molecule has 0 amide bonds. The van der Waals surface area contributed by atoms with Gasteiger partial charge in [-0.15, -0.1) is 0 Å². The lowest BCUT2D eigenvalue weighted by Crippen LogP contribution is -2.19. The summed E-state index contributed by atoms with van der Waals surface area (Å²) in [7, 11) is 3.87. The minimum Gasteiger partial charge on any atom is -0.375 e. The highest BCUT2D eigenvalue weighted by molar-refractivity contribution is 7.10. The van der Waals surface area contributed by atoms with Crippen LogP contribution in [0.1, 0.15) is 0 Å². The molecule has 2 aromatic rings. The van der Waals surface area contributed by atoms with Crippen LogP contribution in [0.15, 0.2) is 41.6 Å². The Bertz CT molecular complexity index is 1140. The van der Waals surface area contributed by atoms with Gasteiger partial charge in [0.05, 0.1) is 26.7 Å². The van der Waals surface area contributed by atoms with Crippen molar-refractivity contribution in [2.75, 3.05) is 19.0 Å². The predicted octanol–water partition coefficient (Wildman–Crippen LogP) is 4.32. The molecular formula is C17H12Cl2N4OS. The minimum atomic E-state index is -0.184. The molecule has 0 bridgehead atoms. The van der Waals surface area contributed by atoms with Gasteiger partial charge in [-0.3, -0.25) is 9.36 Å². The maximum atomic E-state index is 13.2. The molecule has 1 aromatic carbocycles. The van der Waals surface area contributed by atoms with Crippen molar-refractivity contribution in [3.8, 4) is 16.1 Å². The van der Waals surface area contributed by atoms with E-state index in [2.05, 4.69) is 9.36 Å². The third-order valence-electron chi connectivity index (χ3n) is 3.99. The van der Waals surface area contributed by atoms with Gasteiger partial charge in [-0.25, -0.2) is 9.36 Å². The van der Waals surface area contributed by atoms with E-state index in [4.69, 9.17) is 23.2 Å². The Balaban J connectivity index is 2.10. The number of fused-ring (bicyclic) bond motifs is 3. The molecule has 5 nitrogen and oxygen atoms in total. The summed E-state index contributed by atoms with van der Waals surface area (Å²) in [6.07, 6.45) is 3.23. The van der Waals surface area contributed by atoms with Crippen molar-refractivity contribution < 1.29 is 0 Å². The highest BCUT2D eigenvalue weighted by atomic mass is 35.5. The van der Waals surface area contributed by atoms with Crippen molar-refractivity contribution in [1.82, 2.24) is 13.9 Å². The molecule has 0 spiro atoms. The summed E-state index contributed by atoms with van der Waals surface area (Å²) in [5, 5.41) is 1.45. The zero-order chi connectivity index (χ0) is 17.7. The SMILES string of the molecule is CN(C)c1c2ccnsc-2c2c(=O)n(-c3ccc(Cl)cc3Cl)cnc12. The van der Waals surface area contributed by atoms with E-state index in [1.165, 1.54) is 22.4 Å². The van der Waals surface area contributed by atoms with Crippen LogP contribution in [0, 0.1) is 0 Å². The molecular weight excluding hydrogens is 379 g/mol. The topological polar surface area (TPSA) is 51.0 Å². The number of nitrogens with zero attached hydrogens (tertiary/aromatic N) is 4. The molecule has 4 rings (SSSR count). The lowest BCUT2D eigenvalue weighted by Gasteiger charge is -2.13. The average molecular weight is 391 g/mol. The first-order valence-electron chi connectivity index (χ1n) is 7.39. The van der Waals surface area contributed by atoms with Gasteiger partial charge in [-0.1, -0.05) is 23.2 Å². The average Bonchev–Trinajstić information content (AvgIpc) is 2.91. The Morgan fingerprint density at radius 1 is 1.20 bits per heavy atom. The van der Waals surface area contributed by atoms with E-state index in [1.54, 1.807) is 24.4 Å². The van der Waals surface area contributed by atoms with Gasteiger partial charge in [0.1, 0.15) is 11.8 Å². The third kappa shape index (κ3) is 2.49. The van der Waals surface area contributed by atoms with E-state index >= 15 is 0 Å². The van der Waals surface area contributed by atoms with Gasteiger partial charge in [-0.05, 0) is 35.8 Å². The quantitative estimate of drug-likeness (QED) is 0.511. The van der Waals surface area contributed by atoms with Crippen LogP contribution in [0.3, 0.4) is 0 Å². The van der Waals surface area contributed by atoms with Gasteiger partial charge in [0.25, 0.3) is 5.56 Å². The van der Waals surface area contributed by atoms with Crippen LogP contribution in [-0.4, -0.2) is 28.0 Å². The van der Waals surface area contributed by atoms with E-state index in [0.29, 0.717) is 26.6 Å². The molecule has 0 unspecified atom stereocenters. The second kappa shape index (κ2) is 5.98. The second-order valence-corrected chi connectivity index (χ2v) is 7.38. The van der Waals surface area contributed by atoms with Gasteiger partial charge < -0.3 is 4.90 Å². The van der Waals surface area contributed by atoms with E-state index in [0.717, 1.165) is 16.1 Å². The lowest BCUT2D eigenvalue weighted by molar-refractivity contribution is 0.964. The highest BCUT2D eigenvalue weighted by Gasteiger charge is 2.24. The molecule has 126 valence electrons. The van der Waals surface area contributed by atoms with Crippen molar-refractivity contribution >= 4 is 51.3 Å². The smallest absolute Gasteiger partial charge is 0.267 e. The highest BCUT2D eigenvalue weighted by Crippen LogP contribution is 2.43. The normalized spacial score (nSPS) is 11.4. The Hall–Kier alpha value is -2.15. The maximum Gasteiger partial charge on any atom is 0.267 e. The summed E-state index contributed by atoms with van der Waals surface area (Å²) in [4.78, 5) is 20.5. The minimum absolute atomic E-state index is 0.184. The number of aromatic nitrogens is 3. The molecule has 1 aromatic heterocycles. The predicted molar refractivity (Wildman–Crippen MR) is 104 cm³/mol. The zero-order valence-electron chi connectivity index (χ0n) is 13.3. The Morgan fingerprint density at radius 3 is 2.72 bits per heavy atom. The van der Waals surface area contributed by atoms with E-state index in [1.807, 2.05) is 25.1 Å². The second-order valence-electron chi connectivity index (χ2n) is 5.74. The molecule has 0 radical (unpaired) electrons. The number of rotatable bonds is 2. The summed E-state index contributed by atoms with van der Waals surface area (Å²) in [5.41, 5.74) is 2.90. The molecule has 0 N–H and O–H groups in total. The summed E-state index contributed by atoms with van der Waals surface area (Å²) in [6, 6.07) is 6.91. The first-order valence-corrected chi connectivity index (χ1v) is 8.92. The maximum absolute atomic E-state index is 13.2. The van der Waals surface area contributed by atoms with Crippen molar-refractivity contribution in [3.05, 3.63) is 57.2 Å². The van der Waals surface area contributed by atoms with Crippen LogP contribution in [0.2, 0.25) is 10.0 Å². The molecule has 2 heterocycles. The molecule has 0 saturated carbocycles. The number of benzene rings is 1. The first-order chi connectivity index (χ1) is 12.0. The van der Waals surface area contributed by atoms with Crippen LogP contribution in [0.25, 0.3) is 27.0 Å². The summed E-state index contributed by atoms with van der Waals surface area (Å²) in [5.74, 6) is 0. The molecule has 2 aliphatic rings. The van der Waals surface area contributed by atoms with Gasteiger partial charge >= 0.3 is 0 Å². The van der Waals surface area contributed by atoms with Crippen molar-refractivity contribution in [2.24, 2.45) is 0 Å². The summed E-state index contributed by atoms with van der Waals surface area (Å²) < 4.78 is 5.66. The van der Waals surface area contributed by atoms with E-state index in [-0.39, 0.29) is 5.56 Å². The Labute approximate surface area is 157 Å². The fraction of sp³-hybridized carbons (Fsp3) is 0.118. The molecule has 0 saturated heterocycles. The largest absolute Gasteiger partial charge is 0.375 e. The van der Waals surface area contributed by atoms with Gasteiger partial charge in [0.15, 0.2) is 0 Å². The number of hydrogen-bond acceptors (Lipinski definition) is 5. The standard InChI is InChI=1S/C17H12Cl2N4OS/c1-22(2)15-10-5-6-21-25-16(10)13-14(15)20-8-23(17(13)24)12-4-3-9(18)7-11(12)19/h3-8H,1-2H3. The molecule has 8 heteroatoms. The molecule has 1 aliphatic heterocycles. The van der Waals surface area contributed by atoms with Crippen LogP contribution < -0.4 is 10.5 Å². The van der Waals surface area contributed by atoms with Crippen molar-refractivity contribution in [2.45, 2.75) is 0 Å². The monoisotopic (exact) mass is 390 g/mol. The van der Waals surface area contributed by atoms with Crippen molar-refractivity contribution in [3.63, 3.8) is 0 Å². The van der Waals surface area contributed by atoms with Gasteiger partial charge in [0, 0.05) is 30.9 Å². The molecule has 0 atom stereocenters. The van der Waals surface area contributed by atoms with Crippen molar-refractivity contribution in [1.29, 1.82) is 0 Å². The number of halogens is 2. The molecule has 1 aliphatic carbocycles. The molecule has 0 fully saturated rings. The Kier molecular flexibility index (Phi) is 3.91. The Morgan fingerprint density at radius 2 is 2.00 bits per heavy atom. The third-order valence-corrected chi connectivity index (χ3v) is 5.36. The van der Waals surface area contributed by atoms with Gasteiger partial charge in [-0.2, -0.15) is 0 Å². The summed E-state index contributed by atoms with van der Waals surface area (Å²) in [6.45, 7) is 0.